The fourth-order valence-electron chi connectivity index (χ4n) is 3.15. The fourth-order valence-corrected chi connectivity index (χ4v) is 3.34. The Bertz CT molecular complexity index is 1040. The number of rotatable bonds is 7. The van der Waals surface area contributed by atoms with Crippen molar-refractivity contribution in [2.75, 3.05) is 13.7 Å². The lowest BCUT2D eigenvalue weighted by Gasteiger charge is -2.11. The highest BCUT2D eigenvalue weighted by Crippen LogP contribution is 2.29. The number of aromatic amines is 1. The van der Waals surface area contributed by atoms with Gasteiger partial charge >= 0.3 is 0 Å². The van der Waals surface area contributed by atoms with Gasteiger partial charge in [-0.25, -0.2) is 0 Å². The summed E-state index contributed by atoms with van der Waals surface area (Å²) < 4.78 is 19.1. The number of methoxy groups -OCH3 is 1. The molecule has 1 aromatic heterocycles. The second-order valence-corrected chi connectivity index (χ2v) is 7.02. The van der Waals surface area contributed by atoms with Crippen molar-refractivity contribution < 1.29 is 14.2 Å². The van der Waals surface area contributed by atoms with E-state index in [-0.39, 0.29) is 6.10 Å². The van der Waals surface area contributed by atoms with E-state index < -0.39 is 0 Å². The van der Waals surface area contributed by atoms with Gasteiger partial charge in [-0.15, -0.1) is 0 Å². The summed E-state index contributed by atoms with van der Waals surface area (Å²) >= 11 is 5.32. The van der Waals surface area contributed by atoms with Crippen molar-refractivity contribution in [1.29, 1.82) is 0 Å². The molecule has 1 aliphatic rings. The van der Waals surface area contributed by atoms with Crippen molar-refractivity contribution in [1.82, 2.24) is 14.9 Å². The monoisotopic (exact) mass is 410 g/mol. The van der Waals surface area contributed by atoms with Crippen molar-refractivity contribution in [2.45, 2.75) is 25.6 Å². The number of hydrogen-bond donors (Lipinski definition) is 1. The van der Waals surface area contributed by atoms with Gasteiger partial charge in [0.2, 0.25) is 4.77 Å². The standard InChI is InChI=1S/C21H22N4O3S/c1-26-17-10-9-16(12-19(17)28-14-15-6-3-2-4-7-15)13-22-25-20(23-24-21(25)29)18-8-5-11-27-18/h2-4,6-7,9-10,12-13,18H,5,8,11,14H2,1H3,(H,24,29)/b22-13-/t18-/m0/s1. The average molecular weight is 410 g/mol. The van der Waals surface area contributed by atoms with Gasteiger partial charge in [-0.3, -0.25) is 5.10 Å². The highest BCUT2D eigenvalue weighted by atomic mass is 32.1. The van der Waals surface area contributed by atoms with E-state index in [1.165, 1.54) is 0 Å². The first-order chi connectivity index (χ1) is 14.2. The summed E-state index contributed by atoms with van der Waals surface area (Å²) in [7, 11) is 1.62. The van der Waals surface area contributed by atoms with Gasteiger partial charge in [-0.2, -0.15) is 14.9 Å². The third-order valence-electron chi connectivity index (χ3n) is 4.64. The Balaban J connectivity index is 1.55. The van der Waals surface area contributed by atoms with Crippen LogP contribution in [0.5, 0.6) is 11.5 Å². The number of hydrogen-bond acceptors (Lipinski definition) is 6. The molecule has 1 saturated heterocycles. The Hall–Kier alpha value is -2.97. The van der Waals surface area contributed by atoms with Gasteiger partial charge < -0.3 is 14.2 Å². The van der Waals surface area contributed by atoms with Gasteiger partial charge in [0, 0.05) is 6.61 Å². The molecule has 1 atom stereocenters. The molecule has 1 fully saturated rings. The predicted molar refractivity (Wildman–Crippen MR) is 112 cm³/mol. The summed E-state index contributed by atoms with van der Waals surface area (Å²) in [5.74, 6) is 2.01. The zero-order valence-electron chi connectivity index (χ0n) is 16.1. The Morgan fingerprint density at radius 3 is 2.90 bits per heavy atom. The van der Waals surface area contributed by atoms with Crippen LogP contribution in [0.25, 0.3) is 0 Å². The van der Waals surface area contributed by atoms with Gasteiger partial charge in [0.1, 0.15) is 12.7 Å². The Kier molecular flexibility index (Phi) is 6.02. The molecule has 150 valence electrons. The number of aromatic nitrogens is 3. The molecule has 8 heteroatoms. The van der Waals surface area contributed by atoms with Crippen LogP contribution in [0.2, 0.25) is 0 Å². The van der Waals surface area contributed by atoms with Gasteiger partial charge in [-0.1, -0.05) is 30.3 Å². The van der Waals surface area contributed by atoms with E-state index in [1.54, 1.807) is 18.0 Å². The maximum atomic E-state index is 5.97. The Morgan fingerprint density at radius 1 is 1.28 bits per heavy atom. The van der Waals surface area contributed by atoms with E-state index in [1.807, 2.05) is 48.5 Å². The Labute approximate surface area is 173 Å². The topological polar surface area (TPSA) is 73.7 Å². The third-order valence-corrected chi connectivity index (χ3v) is 4.90. The third kappa shape index (κ3) is 4.55. The smallest absolute Gasteiger partial charge is 0.216 e. The van der Waals surface area contributed by atoms with Crippen LogP contribution in [0.4, 0.5) is 0 Å². The number of nitrogens with one attached hydrogen (secondary N) is 1. The molecule has 1 N–H and O–H groups in total. The van der Waals surface area contributed by atoms with Crippen LogP contribution in [0, 0.1) is 4.77 Å². The molecule has 0 bridgehead atoms. The molecule has 7 nitrogen and oxygen atoms in total. The van der Waals surface area contributed by atoms with Crippen LogP contribution in [-0.4, -0.2) is 34.8 Å². The summed E-state index contributed by atoms with van der Waals surface area (Å²) in [4.78, 5) is 0. The molecule has 0 aliphatic carbocycles. The van der Waals surface area contributed by atoms with Crippen LogP contribution in [-0.2, 0) is 11.3 Å². The zero-order valence-corrected chi connectivity index (χ0v) is 16.9. The highest BCUT2D eigenvalue weighted by molar-refractivity contribution is 7.71. The number of H-pyrrole nitrogens is 1. The molecule has 4 rings (SSSR count). The molecule has 1 aliphatic heterocycles. The van der Waals surface area contributed by atoms with Crippen LogP contribution < -0.4 is 9.47 Å². The molecular weight excluding hydrogens is 388 g/mol. The van der Waals surface area contributed by atoms with Crippen molar-refractivity contribution in [2.24, 2.45) is 5.10 Å². The molecular formula is C21H22N4O3S. The number of nitrogens with zero attached hydrogens (tertiary/aromatic N) is 3. The normalized spacial score (nSPS) is 16.4. The lowest BCUT2D eigenvalue weighted by Crippen LogP contribution is -2.05. The summed E-state index contributed by atoms with van der Waals surface area (Å²) in [6, 6.07) is 15.6. The SMILES string of the molecule is COc1ccc(/C=N\n2c([C@@H]3CCCO3)n[nH]c2=S)cc1OCc1ccccc1. The summed E-state index contributed by atoms with van der Waals surface area (Å²) in [6.07, 6.45) is 3.56. The van der Waals surface area contributed by atoms with Gasteiger partial charge in [-0.05, 0) is 54.4 Å². The van der Waals surface area contributed by atoms with Crippen LogP contribution in [0.1, 0.15) is 35.9 Å². The van der Waals surface area contributed by atoms with E-state index in [4.69, 9.17) is 26.4 Å². The summed E-state index contributed by atoms with van der Waals surface area (Å²) in [5.41, 5.74) is 1.94. The average Bonchev–Trinajstić information content (AvgIpc) is 3.41. The van der Waals surface area contributed by atoms with Crippen molar-refractivity contribution in [3.8, 4) is 11.5 Å². The van der Waals surface area contributed by atoms with Gasteiger partial charge in [0.15, 0.2) is 17.3 Å². The Morgan fingerprint density at radius 2 is 2.14 bits per heavy atom. The van der Waals surface area contributed by atoms with Gasteiger partial charge in [0.05, 0.1) is 13.3 Å². The molecule has 0 radical (unpaired) electrons. The van der Waals surface area contributed by atoms with E-state index in [0.717, 1.165) is 30.6 Å². The maximum absolute atomic E-state index is 5.97. The van der Waals surface area contributed by atoms with Crippen LogP contribution in [0.3, 0.4) is 0 Å². The second kappa shape index (κ2) is 9.02. The molecule has 29 heavy (non-hydrogen) atoms. The molecule has 0 spiro atoms. The number of benzene rings is 2. The van der Waals surface area contributed by atoms with Crippen molar-refractivity contribution in [3.63, 3.8) is 0 Å². The minimum absolute atomic E-state index is 0.0827. The minimum atomic E-state index is -0.0827. The van der Waals surface area contributed by atoms with Crippen LogP contribution >= 0.6 is 12.2 Å². The molecule has 0 unspecified atom stereocenters. The molecule has 2 heterocycles. The molecule has 0 saturated carbocycles. The fraction of sp³-hybridized carbons (Fsp3) is 0.286. The molecule has 3 aromatic rings. The van der Waals surface area contributed by atoms with E-state index in [2.05, 4.69) is 15.3 Å². The quantitative estimate of drug-likeness (QED) is 0.465. The second-order valence-electron chi connectivity index (χ2n) is 6.63. The number of ether oxygens (including phenoxy) is 3. The first kappa shape index (κ1) is 19.4. The van der Waals surface area contributed by atoms with E-state index >= 15 is 0 Å². The lowest BCUT2D eigenvalue weighted by molar-refractivity contribution is 0.102. The van der Waals surface area contributed by atoms with Crippen molar-refractivity contribution in [3.05, 3.63) is 70.3 Å². The molecule has 2 aromatic carbocycles. The maximum Gasteiger partial charge on any atom is 0.216 e. The minimum Gasteiger partial charge on any atom is -0.493 e. The first-order valence-corrected chi connectivity index (χ1v) is 9.83. The lowest BCUT2D eigenvalue weighted by atomic mass is 10.2. The first-order valence-electron chi connectivity index (χ1n) is 9.42. The predicted octanol–water partition coefficient (Wildman–Crippen LogP) is 4.26. The molecule has 0 amide bonds. The van der Waals surface area contributed by atoms with Crippen LogP contribution in [0.15, 0.2) is 53.6 Å². The van der Waals surface area contributed by atoms with Gasteiger partial charge in [0.25, 0.3) is 0 Å². The zero-order chi connectivity index (χ0) is 20.1. The highest BCUT2D eigenvalue weighted by Gasteiger charge is 2.23. The van der Waals surface area contributed by atoms with E-state index in [0.29, 0.717) is 28.7 Å². The largest absolute Gasteiger partial charge is 0.493 e. The van der Waals surface area contributed by atoms with E-state index in [9.17, 15) is 0 Å². The summed E-state index contributed by atoms with van der Waals surface area (Å²) in [5, 5.41) is 11.6. The van der Waals surface area contributed by atoms with Crippen molar-refractivity contribution >= 4 is 18.4 Å². The summed E-state index contributed by atoms with van der Waals surface area (Å²) in [6.45, 7) is 1.18.